The van der Waals surface area contributed by atoms with Crippen molar-refractivity contribution in [2.45, 2.75) is 25.9 Å². The van der Waals surface area contributed by atoms with Gasteiger partial charge >= 0.3 is 0 Å². The summed E-state index contributed by atoms with van der Waals surface area (Å²) < 4.78 is 13.9. The van der Waals surface area contributed by atoms with Crippen molar-refractivity contribution >= 4 is 11.4 Å². The number of nitrogens with two attached hydrogens (primary N) is 1. The second-order valence-corrected chi connectivity index (χ2v) is 4.98. The first-order valence-electron chi connectivity index (χ1n) is 6.01. The fourth-order valence-electron chi connectivity index (χ4n) is 2.38. The lowest BCUT2D eigenvalue weighted by Gasteiger charge is -2.43. The molecule has 1 fully saturated rings. The van der Waals surface area contributed by atoms with Crippen molar-refractivity contribution in [3.63, 3.8) is 0 Å². The SMILES string of the molecule is C[C@H]1CN(c2ccc(N)cc2F)C[C@H](C)N1C. The maximum Gasteiger partial charge on any atom is 0.148 e. The molecule has 0 bridgehead atoms. The van der Waals surface area contributed by atoms with Crippen LogP contribution in [0.2, 0.25) is 0 Å². The second-order valence-electron chi connectivity index (χ2n) is 4.98. The van der Waals surface area contributed by atoms with Gasteiger partial charge in [0.05, 0.1) is 5.69 Å². The lowest BCUT2D eigenvalue weighted by molar-refractivity contribution is 0.169. The van der Waals surface area contributed by atoms with E-state index in [0.29, 0.717) is 23.5 Å². The predicted molar refractivity (Wildman–Crippen MR) is 69.7 cm³/mol. The van der Waals surface area contributed by atoms with E-state index in [9.17, 15) is 4.39 Å². The van der Waals surface area contributed by atoms with E-state index in [4.69, 9.17) is 5.73 Å². The van der Waals surface area contributed by atoms with Crippen LogP contribution < -0.4 is 10.6 Å². The summed E-state index contributed by atoms with van der Waals surface area (Å²) in [5.74, 6) is -0.228. The van der Waals surface area contributed by atoms with Crippen LogP contribution in [-0.4, -0.2) is 37.1 Å². The molecule has 2 atom stereocenters. The number of piperazine rings is 1. The molecule has 94 valence electrons. The third-order valence-corrected chi connectivity index (χ3v) is 3.67. The number of likely N-dealkylation sites (N-methyl/N-ethyl adjacent to an activating group) is 1. The molecule has 2 N–H and O–H groups in total. The average molecular weight is 237 g/mol. The lowest BCUT2D eigenvalue weighted by Crippen LogP contribution is -2.55. The molecule has 2 rings (SSSR count). The van der Waals surface area contributed by atoms with Gasteiger partial charge in [0, 0.05) is 30.9 Å². The first-order chi connectivity index (χ1) is 7.99. The average Bonchev–Trinajstić information content (AvgIpc) is 2.25. The summed E-state index contributed by atoms with van der Waals surface area (Å²) in [7, 11) is 2.12. The van der Waals surface area contributed by atoms with Crippen LogP contribution in [0.4, 0.5) is 15.8 Å². The Morgan fingerprint density at radius 2 is 1.82 bits per heavy atom. The van der Waals surface area contributed by atoms with Crippen molar-refractivity contribution in [3.8, 4) is 0 Å². The first-order valence-corrected chi connectivity index (χ1v) is 6.01. The maximum atomic E-state index is 13.9. The Balaban J connectivity index is 2.23. The summed E-state index contributed by atoms with van der Waals surface area (Å²) in [5.41, 5.74) is 6.70. The zero-order valence-corrected chi connectivity index (χ0v) is 10.7. The van der Waals surface area contributed by atoms with E-state index in [0.717, 1.165) is 13.1 Å². The molecule has 1 aromatic carbocycles. The minimum absolute atomic E-state index is 0.228. The smallest absolute Gasteiger partial charge is 0.148 e. The fraction of sp³-hybridized carbons (Fsp3) is 0.538. The van der Waals surface area contributed by atoms with Crippen molar-refractivity contribution in [1.29, 1.82) is 0 Å². The summed E-state index contributed by atoms with van der Waals surface area (Å²) >= 11 is 0. The van der Waals surface area contributed by atoms with E-state index in [-0.39, 0.29) is 5.82 Å². The minimum atomic E-state index is -0.228. The molecule has 4 heteroatoms. The normalized spacial score (nSPS) is 26.2. The van der Waals surface area contributed by atoms with E-state index in [1.807, 2.05) is 0 Å². The Kier molecular flexibility index (Phi) is 3.24. The molecule has 1 aliphatic rings. The topological polar surface area (TPSA) is 32.5 Å². The Morgan fingerprint density at radius 3 is 2.35 bits per heavy atom. The number of nitrogen functional groups attached to an aromatic ring is 1. The predicted octanol–water partition coefficient (Wildman–Crippen LogP) is 1.94. The highest BCUT2D eigenvalue weighted by molar-refractivity contribution is 5.55. The Hall–Kier alpha value is -1.29. The monoisotopic (exact) mass is 237 g/mol. The van der Waals surface area contributed by atoms with Gasteiger partial charge in [0.1, 0.15) is 5.82 Å². The van der Waals surface area contributed by atoms with Crippen LogP contribution in [-0.2, 0) is 0 Å². The number of hydrogen-bond donors (Lipinski definition) is 1. The molecule has 0 aromatic heterocycles. The zero-order chi connectivity index (χ0) is 12.6. The van der Waals surface area contributed by atoms with Gasteiger partial charge in [-0.2, -0.15) is 0 Å². The molecular formula is C13H20FN3. The van der Waals surface area contributed by atoms with Crippen molar-refractivity contribution in [3.05, 3.63) is 24.0 Å². The molecule has 0 unspecified atom stereocenters. The molecule has 1 heterocycles. The minimum Gasteiger partial charge on any atom is -0.399 e. The highest BCUT2D eigenvalue weighted by Gasteiger charge is 2.27. The van der Waals surface area contributed by atoms with Crippen molar-refractivity contribution in [2.24, 2.45) is 0 Å². The molecule has 0 amide bonds. The summed E-state index contributed by atoms with van der Waals surface area (Å²) in [4.78, 5) is 4.43. The molecule has 0 radical (unpaired) electrons. The summed E-state index contributed by atoms with van der Waals surface area (Å²) in [6.07, 6.45) is 0. The molecule has 0 aliphatic carbocycles. The Bertz CT molecular complexity index is 396. The number of hydrogen-bond acceptors (Lipinski definition) is 3. The largest absolute Gasteiger partial charge is 0.399 e. The number of nitrogens with zero attached hydrogens (tertiary/aromatic N) is 2. The molecule has 0 spiro atoms. The number of benzene rings is 1. The zero-order valence-electron chi connectivity index (χ0n) is 10.7. The molecule has 1 aromatic rings. The van der Waals surface area contributed by atoms with Crippen LogP contribution in [0.25, 0.3) is 0 Å². The molecule has 17 heavy (non-hydrogen) atoms. The van der Waals surface area contributed by atoms with Crippen LogP contribution in [0, 0.1) is 5.82 Å². The van der Waals surface area contributed by atoms with E-state index in [1.54, 1.807) is 12.1 Å². The van der Waals surface area contributed by atoms with Crippen LogP contribution in [0.3, 0.4) is 0 Å². The van der Waals surface area contributed by atoms with Crippen molar-refractivity contribution in [2.75, 3.05) is 30.8 Å². The van der Waals surface area contributed by atoms with E-state index < -0.39 is 0 Å². The number of rotatable bonds is 1. The lowest BCUT2D eigenvalue weighted by atomic mass is 10.1. The third-order valence-electron chi connectivity index (χ3n) is 3.67. The van der Waals surface area contributed by atoms with E-state index in [2.05, 4.69) is 30.7 Å². The first kappa shape index (κ1) is 12.2. The number of anilines is 2. The van der Waals surface area contributed by atoms with Gasteiger partial charge in [-0.05, 0) is 39.1 Å². The highest BCUT2D eigenvalue weighted by Crippen LogP contribution is 2.25. The van der Waals surface area contributed by atoms with E-state index >= 15 is 0 Å². The molecular weight excluding hydrogens is 217 g/mol. The maximum absolute atomic E-state index is 13.9. The molecule has 1 saturated heterocycles. The van der Waals surface area contributed by atoms with Gasteiger partial charge in [0.25, 0.3) is 0 Å². The van der Waals surface area contributed by atoms with Gasteiger partial charge in [-0.25, -0.2) is 4.39 Å². The van der Waals surface area contributed by atoms with Gasteiger partial charge in [-0.3, -0.25) is 4.90 Å². The molecule has 0 saturated carbocycles. The van der Waals surface area contributed by atoms with Gasteiger partial charge in [0.15, 0.2) is 0 Å². The van der Waals surface area contributed by atoms with E-state index in [1.165, 1.54) is 6.07 Å². The van der Waals surface area contributed by atoms with Gasteiger partial charge in [0.2, 0.25) is 0 Å². The van der Waals surface area contributed by atoms with Gasteiger partial charge in [-0.1, -0.05) is 0 Å². The third kappa shape index (κ3) is 2.36. The molecule has 3 nitrogen and oxygen atoms in total. The van der Waals surface area contributed by atoms with Gasteiger partial charge < -0.3 is 10.6 Å². The summed E-state index contributed by atoms with van der Waals surface area (Å²) in [5, 5.41) is 0. The van der Waals surface area contributed by atoms with Gasteiger partial charge in [-0.15, -0.1) is 0 Å². The van der Waals surface area contributed by atoms with Crippen LogP contribution >= 0.6 is 0 Å². The Morgan fingerprint density at radius 1 is 1.24 bits per heavy atom. The van der Waals surface area contributed by atoms with Crippen molar-refractivity contribution < 1.29 is 4.39 Å². The van der Waals surface area contributed by atoms with Crippen LogP contribution in [0.1, 0.15) is 13.8 Å². The number of halogens is 1. The Labute approximate surface area is 102 Å². The van der Waals surface area contributed by atoms with Crippen molar-refractivity contribution in [1.82, 2.24) is 4.90 Å². The highest BCUT2D eigenvalue weighted by atomic mass is 19.1. The molecule has 1 aliphatic heterocycles. The fourth-order valence-corrected chi connectivity index (χ4v) is 2.38. The van der Waals surface area contributed by atoms with Crippen LogP contribution in [0.15, 0.2) is 18.2 Å². The quantitative estimate of drug-likeness (QED) is 0.758. The standard InChI is InChI=1S/C13H20FN3/c1-9-7-17(8-10(2)16(9)3)13-5-4-11(15)6-12(13)14/h4-6,9-10H,7-8,15H2,1-3H3/t9-,10-/m0/s1. The summed E-state index contributed by atoms with van der Waals surface area (Å²) in [6, 6.07) is 5.77. The second kappa shape index (κ2) is 4.53. The van der Waals surface area contributed by atoms with Crippen LogP contribution in [0.5, 0.6) is 0 Å². The summed E-state index contributed by atoms with van der Waals surface area (Å²) in [6.45, 7) is 6.03.